The predicted molar refractivity (Wildman–Crippen MR) is 136 cm³/mol. The number of aromatic amines is 1. The van der Waals surface area contributed by atoms with Crippen molar-refractivity contribution >= 4 is 46.4 Å². The monoisotopic (exact) mass is 519 g/mol. The third-order valence-electron chi connectivity index (χ3n) is 6.32. The van der Waals surface area contributed by atoms with Crippen molar-refractivity contribution in [2.45, 2.75) is 49.9 Å². The molecule has 1 saturated heterocycles. The van der Waals surface area contributed by atoms with Crippen molar-refractivity contribution < 1.29 is 29.4 Å². The van der Waals surface area contributed by atoms with Crippen LogP contribution in [-0.4, -0.2) is 93.1 Å². The number of hydrogen-bond acceptors (Lipinski definition) is 7. The number of thioether (sulfide) groups is 1. The maximum atomic E-state index is 13.7. The van der Waals surface area contributed by atoms with E-state index in [1.165, 1.54) is 4.90 Å². The Morgan fingerprint density at radius 1 is 1.22 bits per heavy atom. The van der Waals surface area contributed by atoms with Crippen molar-refractivity contribution in [3.8, 4) is 0 Å². The van der Waals surface area contributed by atoms with Gasteiger partial charge in [0.25, 0.3) is 0 Å². The van der Waals surface area contributed by atoms with E-state index in [-0.39, 0.29) is 13.0 Å². The molecule has 0 spiro atoms. The Labute approximate surface area is 213 Å². The summed E-state index contributed by atoms with van der Waals surface area (Å²) in [5.41, 5.74) is 7.76. The Bertz CT molecular complexity index is 1090. The van der Waals surface area contributed by atoms with Crippen LogP contribution in [-0.2, 0) is 25.6 Å². The van der Waals surface area contributed by atoms with Crippen LogP contribution < -0.4 is 16.4 Å². The number of aliphatic carboxylic acids is 1. The van der Waals surface area contributed by atoms with Crippen LogP contribution in [0.1, 0.15) is 24.8 Å². The van der Waals surface area contributed by atoms with E-state index in [1.54, 1.807) is 18.0 Å². The molecule has 3 amide bonds. The summed E-state index contributed by atoms with van der Waals surface area (Å²) in [6.45, 7) is -0.485. The molecule has 0 bridgehead atoms. The van der Waals surface area contributed by atoms with E-state index >= 15 is 0 Å². The van der Waals surface area contributed by atoms with Gasteiger partial charge in [0, 0.05) is 30.1 Å². The van der Waals surface area contributed by atoms with Gasteiger partial charge in [-0.05, 0) is 42.9 Å². The highest BCUT2D eigenvalue weighted by molar-refractivity contribution is 7.98. The van der Waals surface area contributed by atoms with Crippen molar-refractivity contribution in [2.24, 2.45) is 5.73 Å². The Hall–Kier alpha value is -3.09. The molecule has 2 heterocycles. The molecule has 1 aromatic carbocycles. The van der Waals surface area contributed by atoms with Crippen LogP contribution in [0.4, 0.5) is 0 Å². The molecule has 1 aliphatic heterocycles. The Morgan fingerprint density at radius 2 is 1.97 bits per heavy atom. The highest BCUT2D eigenvalue weighted by atomic mass is 32.2. The molecule has 4 unspecified atom stereocenters. The minimum atomic E-state index is -1.47. The third-order valence-corrected chi connectivity index (χ3v) is 6.96. The number of likely N-dealkylation sites (tertiary alicyclic amines) is 1. The fourth-order valence-corrected chi connectivity index (χ4v) is 4.82. The van der Waals surface area contributed by atoms with E-state index in [4.69, 9.17) is 10.8 Å². The first-order valence-corrected chi connectivity index (χ1v) is 13.2. The summed E-state index contributed by atoms with van der Waals surface area (Å²) < 4.78 is 0. The van der Waals surface area contributed by atoms with Crippen molar-refractivity contribution in [3.63, 3.8) is 0 Å². The molecule has 4 atom stereocenters. The molecule has 7 N–H and O–H groups in total. The normalized spacial score (nSPS) is 18.0. The number of fused-ring (bicyclic) bond motifs is 1. The lowest BCUT2D eigenvalue weighted by atomic mass is 10.0. The van der Waals surface area contributed by atoms with E-state index < -0.39 is 54.5 Å². The van der Waals surface area contributed by atoms with Gasteiger partial charge in [-0.2, -0.15) is 11.8 Å². The van der Waals surface area contributed by atoms with Gasteiger partial charge >= 0.3 is 5.97 Å². The van der Waals surface area contributed by atoms with Crippen molar-refractivity contribution in [2.75, 3.05) is 25.2 Å². The van der Waals surface area contributed by atoms with Gasteiger partial charge in [-0.1, -0.05) is 18.2 Å². The smallest absolute Gasteiger partial charge is 0.328 e. The number of aliphatic hydroxyl groups excluding tert-OH is 1. The highest BCUT2D eigenvalue weighted by Gasteiger charge is 2.39. The van der Waals surface area contributed by atoms with E-state index in [0.29, 0.717) is 25.0 Å². The molecule has 36 heavy (non-hydrogen) atoms. The first-order chi connectivity index (χ1) is 17.3. The molecule has 1 fully saturated rings. The predicted octanol–water partition coefficient (Wildman–Crippen LogP) is -0.172. The number of hydrogen-bond donors (Lipinski definition) is 6. The molecular weight excluding hydrogens is 486 g/mol. The first-order valence-electron chi connectivity index (χ1n) is 11.8. The van der Waals surface area contributed by atoms with Crippen molar-refractivity contribution in [1.29, 1.82) is 0 Å². The number of carbonyl (C=O) groups excluding carboxylic acids is 3. The summed E-state index contributed by atoms with van der Waals surface area (Å²) in [5.74, 6) is -2.23. The van der Waals surface area contributed by atoms with Crippen LogP contribution in [0.25, 0.3) is 10.9 Å². The van der Waals surface area contributed by atoms with Crippen molar-refractivity contribution in [1.82, 2.24) is 20.5 Å². The lowest BCUT2D eigenvalue weighted by Gasteiger charge is -2.30. The number of para-hydroxylation sites is 1. The molecule has 0 saturated carbocycles. The Kier molecular flexibility index (Phi) is 9.73. The van der Waals surface area contributed by atoms with Gasteiger partial charge in [0.1, 0.15) is 18.1 Å². The van der Waals surface area contributed by atoms with Gasteiger partial charge in [0.05, 0.1) is 12.6 Å². The van der Waals surface area contributed by atoms with E-state index in [9.17, 15) is 24.3 Å². The summed E-state index contributed by atoms with van der Waals surface area (Å²) in [6.07, 6.45) is 5.23. The van der Waals surface area contributed by atoms with Crippen LogP contribution in [0.3, 0.4) is 0 Å². The van der Waals surface area contributed by atoms with Crippen LogP contribution in [0.15, 0.2) is 30.5 Å². The van der Waals surface area contributed by atoms with E-state index in [2.05, 4.69) is 15.6 Å². The van der Waals surface area contributed by atoms with E-state index in [0.717, 1.165) is 16.5 Å². The topological polar surface area (TPSA) is 178 Å². The van der Waals surface area contributed by atoms with Gasteiger partial charge in [0.15, 0.2) is 0 Å². The minimum absolute atomic E-state index is 0.184. The maximum absolute atomic E-state index is 13.7. The number of aromatic nitrogens is 1. The standard InChI is InChI=1S/C24H33N5O6S/c1-36-10-8-16(25)21(31)27-18(11-14-12-26-17-6-3-2-5-15(14)17)23(33)29-9-4-7-20(29)22(32)28-19(13-30)24(34)35/h2-3,5-6,12,16,18-20,26,30H,4,7-11,13,25H2,1H3,(H,27,31)(H,28,32)(H,34,35). The molecule has 0 aliphatic carbocycles. The van der Waals surface area contributed by atoms with Crippen LogP contribution in [0.5, 0.6) is 0 Å². The number of amides is 3. The van der Waals surface area contributed by atoms with Gasteiger partial charge in [-0.15, -0.1) is 0 Å². The number of carboxylic acid groups (broad SMARTS) is 1. The summed E-state index contributed by atoms with van der Waals surface area (Å²) >= 11 is 1.57. The number of rotatable bonds is 12. The Morgan fingerprint density at radius 3 is 2.67 bits per heavy atom. The number of nitrogens with zero attached hydrogens (tertiary/aromatic N) is 1. The zero-order chi connectivity index (χ0) is 26.2. The minimum Gasteiger partial charge on any atom is -0.480 e. The lowest BCUT2D eigenvalue weighted by molar-refractivity contribution is -0.145. The average molecular weight is 520 g/mol. The number of nitrogens with one attached hydrogen (secondary N) is 3. The molecule has 12 heteroatoms. The summed E-state index contributed by atoms with van der Waals surface area (Å²) in [7, 11) is 0. The zero-order valence-corrected chi connectivity index (χ0v) is 20.9. The lowest BCUT2D eigenvalue weighted by Crippen LogP contribution is -2.57. The van der Waals surface area contributed by atoms with Gasteiger partial charge in [-0.25, -0.2) is 4.79 Å². The number of aliphatic hydroxyl groups is 1. The molecule has 3 rings (SSSR count). The van der Waals surface area contributed by atoms with E-state index in [1.807, 2.05) is 30.5 Å². The van der Waals surface area contributed by atoms with Crippen molar-refractivity contribution in [3.05, 3.63) is 36.0 Å². The van der Waals surface area contributed by atoms with Gasteiger partial charge in [0.2, 0.25) is 17.7 Å². The SMILES string of the molecule is CSCCC(N)C(=O)NC(Cc1c[nH]c2ccccc12)C(=O)N1CCCC1C(=O)NC(CO)C(=O)O. The van der Waals surface area contributed by atoms with Gasteiger partial charge in [-0.3, -0.25) is 14.4 Å². The van der Waals surface area contributed by atoms with Crippen LogP contribution >= 0.6 is 11.8 Å². The number of H-pyrrole nitrogens is 1. The fraction of sp³-hybridized carbons (Fsp3) is 0.500. The number of benzene rings is 1. The number of carbonyl (C=O) groups is 4. The molecule has 0 radical (unpaired) electrons. The molecular formula is C24H33N5O6S. The third kappa shape index (κ3) is 6.56. The molecule has 1 aromatic heterocycles. The molecule has 196 valence electrons. The summed E-state index contributed by atoms with van der Waals surface area (Å²) in [5, 5.41) is 24.4. The molecule has 11 nitrogen and oxygen atoms in total. The quantitative estimate of drug-likeness (QED) is 0.224. The van der Waals surface area contributed by atoms with Crippen LogP contribution in [0.2, 0.25) is 0 Å². The fourth-order valence-electron chi connectivity index (χ4n) is 4.33. The largest absolute Gasteiger partial charge is 0.480 e. The second kappa shape index (κ2) is 12.7. The summed E-state index contributed by atoms with van der Waals surface area (Å²) in [6, 6.07) is 3.48. The highest BCUT2D eigenvalue weighted by Crippen LogP contribution is 2.23. The summed E-state index contributed by atoms with van der Waals surface area (Å²) in [4.78, 5) is 55.1. The second-order valence-corrected chi connectivity index (χ2v) is 9.77. The number of nitrogens with two attached hydrogens (primary N) is 1. The molecule has 2 aromatic rings. The average Bonchev–Trinajstić information content (AvgIpc) is 3.52. The second-order valence-electron chi connectivity index (χ2n) is 8.78. The zero-order valence-electron chi connectivity index (χ0n) is 20.1. The first kappa shape index (κ1) is 27.5. The molecule has 1 aliphatic rings. The Balaban J connectivity index is 1.82. The number of carboxylic acids is 1. The van der Waals surface area contributed by atoms with Gasteiger partial charge < -0.3 is 36.5 Å². The van der Waals surface area contributed by atoms with Crippen LogP contribution in [0, 0.1) is 0 Å². The maximum Gasteiger partial charge on any atom is 0.328 e.